The quantitative estimate of drug-likeness (QED) is 0.250. The van der Waals surface area contributed by atoms with Crippen LogP contribution in [0.4, 0.5) is 0 Å². The van der Waals surface area contributed by atoms with Gasteiger partial charge < -0.3 is 20.4 Å². The van der Waals surface area contributed by atoms with Gasteiger partial charge in [-0.1, -0.05) is 60.0 Å². The standard InChI is InChI=1S/C38H64O5/c1-21(2)10-9-11-29(40)26-14-12-25(13-15-26)27-16-17-30(41)32-28(27)19-36(6)20-37(7)18-22(3)31(24(5)39)35(43)38(37,8)23(4)33(36)34(32)42/h21,23,25-30,32-35,40-43H,9-20H2,1-8H3/t23?,25?,26?,27?,28?,29?,30?,32?,33?,34?,35?,36-,37+,38+/m0/s1. The lowest BCUT2D eigenvalue weighted by Crippen LogP contribution is -2.69. The Morgan fingerprint density at radius 2 is 1.60 bits per heavy atom. The molecule has 0 radical (unpaired) electrons. The molecule has 0 aromatic carbocycles. The molecular formula is C38H64O5. The van der Waals surface area contributed by atoms with Crippen molar-refractivity contribution in [1.29, 1.82) is 0 Å². The van der Waals surface area contributed by atoms with Gasteiger partial charge in [0.05, 0.1) is 24.4 Å². The predicted octanol–water partition coefficient (Wildman–Crippen LogP) is 7.09. The molecular weight excluding hydrogens is 536 g/mol. The van der Waals surface area contributed by atoms with Crippen molar-refractivity contribution < 1.29 is 25.2 Å². The van der Waals surface area contributed by atoms with E-state index < -0.39 is 23.7 Å². The van der Waals surface area contributed by atoms with E-state index in [1.54, 1.807) is 6.92 Å². The zero-order valence-corrected chi connectivity index (χ0v) is 28.6. The Kier molecular flexibility index (Phi) is 9.47. The van der Waals surface area contributed by atoms with Crippen LogP contribution in [0.5, 0.6) is 0 Å². The summed E-state index contributed by atoms with van der Waals surface area (Å²) in [4.78, 5) is 12.7. The van der Waals surface area contributed by atoms with E-state index in [0.717, 1.165) is 76.2 Å². The highest BCUT2D eigenvalue weighted by Gasteiger charge is 2.69. The van der Waals surface area contributed by atoms with Crippen LogP contribution < -0.4 is 0 Å². The lowest BCUT2D eigenvalue weighted by Gasteiger charge is -2.70. The van der Waals surface area contributed by atoms with Gasteiger partial charge in [-0.25, -0.2) is 0 Å². The predicted molar refractivity (Wildman–Crippen MR) is 172 cm³/mol. The molecule has 43 heavy (non-hydrogen) atoms. The maximum Gasteiger partial charge on any atom is 0.158 e. The molecule has 5 nitrogen and oxygen atoms in total. The molecule has 4 N–H and O–H groups in total. The summed E-state index contributed by atoms with van der Waals surface area (Å²) < 4.78 is 0. The third-order valence-electron chi connectivity index (χ3n) is 14.7. The van der Waals surface area contributed by atoms with Gasteiger partial charge >= 0.3 is 0 Å². The largest absolute Gasteiger partial charge is 0.393 e. The number of allylic oxidation sites excluding steroid dienone is 1. The molecule has 0 heterocycles. The number of carbonyl (C=O) groups excluding carboxylic acids is 1. The summed E-state index contributed by atoms with van der Waals surface area (Å²) in [5, 5.41) is 46.6. The molecule has 5 aliphatic rings. The van der Waals surface area contributed by atoms with Crippen molar-refractivity contribution >= 4 is 5.78 Å². The summed E-state index contributed by atoms with van der Waals surface area (Å²) >= 11 is 0. The van der Waals surface area contributed by atoms with Crippen LogP contribution in [0.2, 0.25) is 0 Å². The van der Waals surface area contributed by atoms with Gasteiger partial charge in [0.1, 0.15) is 0 Å². The first-order chi connectivity index (χ1) is 20.1. The zero-order valence-electron chi connectivity index (χ0n) is 28.6. The molecule has 0 aromatic rings. The summed E-state index contributed by atoms with van der Waals surface area (Å²) in [7, 11) is 0. The Morgan fingerprint density at radius 1 is 0.953 bits per heavy atom. The number of carbonyl (C=O) groups is 1. The first kappa shape index (κ1) is 33.6. The van der Waals surface area contributed by atoms with Crippen LogP contribution >= 0.6 is 0 Å². The van der Waals surface area contributed by atoms with Crippen LogP contribution in [0.25, 0.3) is 0 Å². The molecule has 5 heteroatoms. The molecule has 0 amide bonds. The fraction of sp³-hybridized carbons (Fsp3) is 0.921. The summed E-state index contributed by atoms with van der Waals surface area (Å²) in [6.07, 6.45) is 10.2. The number of ketones is 1. The van der Waals surface area contributed by atoms with Crippen molar-refractivity contribution in [3.63, 3.8) is 0 Å². The Morgan fingerprint density at radius 3 is 2.21 bits per heavy atom. The van der Waals surface area contributed by atoms with Gasteiger partial charge in [-0.2, -0.15) is 0 Å². The number of aliphatic hydroxyl groups is 4. The van der Waals surface area contributed by atoms with Crippen LogP contribution in [0.15, 0.2) is 11.1 Å². The minimum absolute atomic E-state index is 0.00449. The number of rotatable bonds is 7. The molecule has 9 unspecified atom stereocenters. The second-order valence-corrected chi connectivity index (χ2v) is 17.6. The molecule has 12 atom stereocenters. The number of aliphatic hydroxyl groups excluding tert-OH is 4. The van der Waals surface area contributed by atoms with E-state index in [1.165, 1.54) is 6.42 Å². The first-order valence-corrected chi connectivity index (χ1v) is 18.0. The lowest BCUT2D eigenvalue weighted by atomic mass is 9.35. The maximum atomic E-state index is 12.7. The molecule has 4 fully saturated rings. The van der Waals surface area contributed by atoms with Crippen LogP contribution in [0.1, 0.15) is 132 Å². The highest BCUT2D eigenvalue weighted by Crippen LogP contribution is 2.72. The Balaban J connectivity index is 1.37. The van der Waals surface area contributed by atoms with Crippen molar-refractivity contribution in [2.24, 2.45) is 63.6 Å². The van der Waals surface area contributed by atoms with E-state index >= 15 is 0 Å². The smallest absolute Gasteiger partial charge is 0.158 e. The van der Waals surface area contributed by atoms with Gasteiger partial charge in [-0.15, -0.1) is 0 Å². The lowest BCUT2D eigenvalue weighted by molar-refractivity contribution is -0.252. The second kappa shape index (κ2) is 12.1. The number of hydrogen-bond donors (Lipinski definition) is 4. The highest BCUT2D eigenvalue weighted by atomic mass is 16.3. The molecule has 246 valence electrons. The maximum absolute atomic E-state index is 12.7. The van der Waals surface area contributed by atoms with Crippen molar-refractivity contribution in [2.75, 3.05) is 0 Å². The van der Waals surface area contributed by atoms with Crippen molar-refractivity contribution in [1.82, 2.24) is 0 Å². The summed E-state index contributed by atoms with van der Waals surface area (Å²) in [6, 6.07) is 0. The van der Waals surface area contributed by atoms with Crippen LogP contribution in [-0.4, -0.2) is 50.6 Å². The average Bonchev–Trinajstić information content (AvgIpc) is 2.90. The van der Waals surface area contributed by atoms with Crippen molar-refractivity contribution in [3.8, 4) is 0 Å². The second-order valence-electron chi connectivity index (χ2n) is 17.6. The molecule has 0 aromatic heterocycles. The molecule has 0 bridgehead atoms. The zero-order chi connectivity index (χ0) is 31.6. The molecule has 5 aliphatic carbocycles. The Hall–Kier alpha value is -0.750. The van der Waals surface area contributed by atoms with E-state index in [1.807, 2.05) is 6.92 Å². The van der Waals surface area contributed by atoms with Gasteiger partial charge in [-0.05, 0) is 130 Å². The van der Waals surface area contributed by atoms with Gasteiger partial charge in [0.25, 0.3) is 0 Å². The van der Waals surface area contributed by atoms with Gasteiger partial charge in [0, 0.05) is 16.9 Å². The van der Waals surface area contributed by atoms with E-state index in [9.17, 15) is 25.2 Å². The fourth-order valence-electron chi connectivity index (χ4n) is 12.6. The van der Waals surface area contributed by atoms with E-state index in [-0.39, 0.29) is 40.5 Å². The summed E-state index contributed by atoms with van der Waals surface area (Å²) in [5.74, 6) is 2.33. The first-order valence-electron chi connectivity index (χ1n) is 18.0. The van der Waals surface area contributed by atoms with E-state index in [4.69, 9.17) is 0 Å². The topological polar surface area (TPSA) is 98.0 Å². The van der Waals surface area contributed by atoms with Gasteiger partial charge in [0.2, 0.25) is 0 Å². The molecule has 4 saturated carbocycles. The molecule has 0 aliphatic heterocycles. The number of fused-ring (bicyclic) bond motifs is 3. The number of hydrogen-bond acceptors (Lipinski definition) is 5. The monoisotopic (exact) mass is 600 g/mol. The van der Waals surface area contributed by atoms with Crippen molar-refractivity contribution in [2.45, 2.75) is 157 Å². The third-order valence-corrected chi connectivity index (χ3v) is 14.7. The van der Waals surface area contributed by atoms with Crippen LogP contribution in [0, 0.1) is 63.6 Å². The van der Waals surface area contributed by atoms with Crippen LogP contribution in [0.3, 0.4) is 0 Å². The molecule has 0 spiro atoms. The highest BCUT2D eigenvalue weighted by molar-refractivity contribution is 5.95. The molecule has 0 saturated heterocycles. The van der Waals surface area contributed by atoms with Crippen LogP contribution in [-0.2, 0) is 4.79 Å². The number of Topliss-reactive ketones (excluding diaryl/α,β-unsaturated/α-hetero) is 1. The average molecular weight is 601 g/mol. The summed E-state index contributed by atoms with van der Waals surface area (Å²) in [5.41, 5.74) is 0.800. The minimum Gasteiger partial charge on any atom is -0.393 e. The van der Waals surface area contributed by atoms with E-state index in [0.29, 0.717) is 35.2 Å². The van der Waals surface area contributed by atoms with E-state index in [2.05, 4.69) is 41.5 Å². The molecule has 5 rings (SSSR count). The van der Waals surface area contributed by atoms with Gasteiger partial charge in [0.15, 0.2) is 5.78 Å². The summed E-state index contributed by atoms with van der Waals surface area (Å²) in [6.45, 7) is 17.2. The van der Waals surface area contributed by atoms with Gasteiger partial charge in [-0.3, -0.25) is 4.79 Å². The third kappa shape index (κ3) is 5.52. The Bertz CT molecular complexity index is 1060. The minimum atomic E-state index is -0.840. The Labute approximate surface area is 262 Å². The van der Waals surface area contributed by atoms with Crippen molar-refractivity contribution in [3.05, 3.63) is 11.1 Å². The fourth-order valence-corrected chi connectivity index (χ4v) is 12.6. The normalized spacial score (nSPS) is 49.2. The SMILES string of the molecule is CC(=O)C1=C(C)C[C@]2(C)C[C@]3(C)CC4C(C5CCC(C(O)CCCC(C)C)CC5)CCC(O)C4C(O)C3C(C)[C@]2(C)C1O.